The van der Waals surface area contributed by atoms with E-state index in [1.165, 1.54) is 10.9 Å². The number of aryl methyl sites for hydroxylation is 1. The van der Waals surface area contributed by atoms with Crippen LogP contribution in [0.3, 0.4) is 0 Å². The Balaban J connectivity index is 2.15. The van der Waals surface area contributed by atoms with Crippen molar-refractivity contribution >= 4 is 35.4 Å². The van der Waals surface area contributed by atoms with Crippen molar-refractivity contribution in [3.8, 4) is 0 Å². The van der Waals surface area contributed by atoms with Crippen molar-refractivity contribution in [1.29, 1.82) is 0 Å². The Kier molecular flexibility index (Phi) is 3.00. The van der Waals surface area contributed by atoms with Gasteiger partial charge in [0.15, 0.2) is 5.78 Å². The predicted octanol–water partition coefficient (Wildman–Crippen LogP) is 3.63. The highest BCUT2D eigenvalue weighted by Crippen LogP contribution is 2.29. The first-order chi connectivity index (χ1) is 8.79. The van der Waals surface area contributed by atoms with E-state index in [-0.39, 0.29) is 5.78 Å². The molecule has 92 valence electrons. The summed E-state index contributed by atoms with van der Waals surface area (Å²) >= 11 is 4.17. The standard InChI is InChI=1S/C15H15NOS/c17-14-5-1-4-11-12-9-10(3-2-8-18)6-7-13(12)16-15(11)14/h2-3,6-7,9,16,18H,1,4-5,8H2. The van der Waals surface area contributed by atoms with Gasteiger partial charge in [-0.25, -0.2) is 0 Å². The highest BCUT2D eigenvalue weighted by atomic mass is 32.1. The second-order valence-corrected chi connectivity index (χ2v) is 5.01. The smallest absolute Gasteiger partial charge is 0.179 e. The van der Waals surface area contributed by atoms with Crippen molar-refractivity contribution < 1.29 is 4.79 Å². The van der Waals surface area contributed by atoms with E-state index in [2.05, 4.69) is 41.9 Å². The third kappa shape index (κ3) is 1.89. The Bertz CT molecular complexity index is 639. The quantitative estimate of drug-likeness (QED) is 0.791. The van der Waals surface area contributed by atoms with Crippen LogP contribution in [0, 0.1) is 0 Å². The SMILES string of the molecule is O=C1CCCc2c1[nH]c1ccc(C=CCS)cc21. The summed E-state index contributed by atoms with van der Waals surface area (Å²) in [4.78, 5) is 15.1. The van der Waals surface area contributed by atoms with Crippen LogP contribution in [0.15, 0.2) is 24.3 Å². The van der Waals surface area contributed by atoms with Gasteiger partial charge in [-0.1, -0.05) is 18.2 Å². The van der Waals surface area contributed by atoms with Crippen molar-refractivity contribution in [3.05, 3.63) is 41.1 Å². The Labute approximate surface area is 111 Å². The number of fused-ring (bicyclic) bond motifs is 3. The number of aromatic nitrogens is 1. The lowest BCUT2D eigenvalue weighted by molar-refractivity contribution is 0.0968. The fraction of sp³-hybridized carbons (Fsp3) is 0.267. The van der Waals surface area contributed by atoms with E-state index >= 15 is 0 Å². The molecule has 0 fully saturated rings. The summed E-state index contributed by atoms with van der Waals surface area (Å²) in [6.45, 7) is 0. The van der Waals surface area contributed by atoms with Gasteiger partial charge in [-0.15, -0.1) is 0 Å². The first kappa shape index (κ1) is 11.6. The zero-order chi connectivity index (χ0) is 12.5. The molecule has 0 saturated carbocycles. The van der Waals surface area contributed by atoms with Crippen molar-refractivity contribution in [2.24, 2.45) is 0 Å². The average Bonchev–Trinajstić information content (AvgIpc) is 2.76. The van der Waals surface area contributed by atoms with E-state index in [1.54, 1.807) is 0 Å². The molecule has 1 aliphatic rings. The van der Waals surface area contributed by atoms with Gasteiger partial charge in [0, 0.05) is 23.1 Å². The van der Waals surface area contributed by atoms with Crippen LogP contribution >= 0.6 is 12.6 Å². The van der Waals surface area contributed by atoms with E-state index in [9.17, 15) is 4.79 Å². The molecule has 0 unspecified atom stereocenters. The number of rotatable bonds is 2. The van der Waals surface area contributed by atoms with Crippen molar-refractivity contribution in [2.45, 2.75) is 19.3 Å². The van der Waals surface area contributed by atoms with Gasteiger partial charge < -0.3 is 4.98 Å². The normalized spacial score (nSPS) is 15.5. The Hall–Kier alpha value is -1.48. The Morgan fingerprint density at radius 1 is 1.33 bits per heavy atom. The number of ketones is 1. The number of H-pyrrole nitrogens is 1. The van der Waals surface area contributed by atoms with Crippen LogP contribution in [0.4, 0.5) is 0 Å². The van der Waals surface area contributed by atoms with E-state index < -0.39 is 0 Å². The molecule has 0 radical (unpaired) electrons. The molecule has 0 bridgehead atoms. The number of aromatic amines is 1. The number of Topliss-reactive ketones (excluding diaryl/α,β-unsaturated/α-hetero) is 1. The summed E-state index contributed by atoms with van der Waals surface area (Å²) in [5.41, 5.74) is 4.25. The molecule has 1 aromatic carbocycles. The molecule has 1 aliphatic carbocycles. The number of carbonyl (C=O) groups is 1. The summed E-state index contributed by atoms with van der Waals surface area (Å²) in [6, 6.07) is 6.27. The highest BCUT2D eigenvalue weighted by Gasteiger charge is 2.21. The molecule has 1 aromatic heterocycles. The van der Waals surface area contributed by atoms with Gasteiger partial charge in [0.05, 0.1) is 5.69 Å². The van der Waals surface area contributed by atoms with Crippen molar-refractivity contribution in [1.82, 2.24) is 4.98 Å². The largest absolute Gasteiger partial charge is 0.352 e. The molecule has 18 heavy (non-hydrogen) atoms. The van der Waals surface area contributed by atoms with Crippen LogP contribution in [-0.4, -0.2) is 16.5 Å². The molecular formula is C15H15NOS. The van der Waals surface area contributed by atoms with Gasteiger partial charge in [-0.3, -0.25) is 4.79 Å². The maximum atomic E-state index is 11.9. The molecule has 0 saturated heterocycles. The third-order valence-corrected chi connectivity index (χ3v) is 3.67. The molecule has 0 spiro atoms. The molecule has 1 N–H and O–H groups in total. The van der Waals surface area contributed by atoms with Gasteiger partial charge in [-0.2, -0.15) is 12.6 Å². The van der Waals surface area contributed by atoms with Crippen LogP contribution in [0.25, 0.3) is 17.0 Å². The van der Waals surface area contributed by atoms with Crippen LogP contribution in [0.1, 0.15) is 34.5 Å². The fourth-order valence-corrected chi connectivity index (χ4v) is 2.71. The number of nitrogens with one attached hydrogen (secondary N) is 1. The summed E-state index contributed by atoms with van der Waals surface area (Å²) in [7, 11) is 0. The van der Waals surface area contributed by atoms with Gasteiger partial charge in [0.25, 0.3) is 0 Å². The molecule has 3 rings (SSSR count). The summed E-state index contributed by atoms with van der Waals surface area (Å²) in [5, 5.41) is 1.19. The monoisotopic (exact) mass is 257 g/mol. The number of hydrogen-bond acceptors (Lipinski definition) is 2. The lowest BCUT2D eigenvalue weighted by Gasteiger charge is -2.09. The molecule has 0 atom stereocenters. The molecule has 0 aliphatic heterocycles. The number of thiol groups is 1. The molecule has 2 aromatic rings. The molecule has 3 heteroatoms. The molecular weight excluding hydrogens is 242 g/mol. The lowest BCUT2D eigenvalue weighted by Crippen LogP contribution is -2.09. The minimum Gasteiger partial charge on any atom is -0.352 e. The van der Waals surface area contributed by atoms with E-state index in [0.717, 1.165) is 35.4 Å². The number of benzene rings is 1. The van der Waals surface area contributed by atoms with E-state index in [4.69, 9.17) is 0 Å². The van der Waals surface area contributed by atoms with Gasteiger partial charge in [-0.05, 0) is 36.1 Å². The molecule has 1 heterocycles. The zero-order valence-corrected chi connectivity index (χ0v) is 11.0. The second-order valence-electron chi connectivity index (χ2n) is 4.65. The predicted molar refractivity (Wildman–Crippen MR) is 78.5 cm³/mol. The minimum atomic E-state index is 0.250. The van der Waals surface area contributed by atoms with Crippen LogP contribution in [-0.2, 0) is 6.42 Å². The van der Waals surface area contributed by atoms with Gasteiger partial charge in [0.1, 0.15) is 0 Å². The first-order valence-electron chi connectivity index (χ1n) is 6.25. The molecule has 0 amide bonds. The van der Waals surface area contributed by atoms with Gasteiger partial charge in [0.2, 0.25) is 0 Å². The average molecular weight is 257 g/mol. The van der Waals surface area contributed by atoms with Crippen molar-refractivity contribution in [2.75, 3.05) is 5.75 Å². The summed E-state index contributed by atoms with van der Waals surface area (Å²) in [6.07, 6.45) is 6.73. The van der Waals surface area contributed by atoms with E-state index in [0.29, 0.717) is 6.42 Å². The van der Waals surface area contributed by atoms with Crippen LogP contribution in [0.2, 0.25) is 0 Å². The van der Waals surface area contributed by atoms with Crippen LogP contribution < -0.4 is 0 Å². The third-order valence-electron chi connectivity index (χ3n) is 3.46. The lowest BCUT2D eigenvalue weighted by atomic mass is 9.94. The van der Waals surface area contributed by atoms with Crippen molar-refractivity contribution in [3.63, 3.8) is 0 Å². The van der Waals surface area contributed by atoms with Gasteiger partial charge >= 0.3 is 0 Å². The topological polar surface area (TPSA) is 32.9 Å². The maximum absolute atomic E-state index is 11.9. The molecule has 2 nitrogen and oxygen atoms in total. The Morgan fingerprint density at radius 3 is 3.06 bits per heavy atom. The fourth-order valence-electron chi connectivity index (χ4n) is 2.61. The first-order valence-corrected chi connectivity index (χ1v) is 6.88. The second kappa shape index (κ2) is 4.65. The minimum absolute atomic E-state index is 0.250. The number of hydrogen-bond donors (Lipinski definition) is 2. The zero-order valence-electron chi connectivity index (χ0n) is 10.1. The summed E-state index contributed by atoms with van der Waals surface area (Å²) < 4.78 is 0. The maximum Gasteiger partial charge on any atom is 0.179 e. The highest BCUT2D eigenvalue weighted by molar-refractivity contribution is 7.80. The Morgan fingerprint density at radius 2 is 2.22 bits per heavy atom. The number of carbonyl (C=O) groups excluding carboxylic acids is 1. The van der Waals surface area contributed by atoms with E-state index in [1.807, 2.05) is 6.08 Å². The summed E-state index contributed by atoms with van der Waals surface area (Å²) in [5.74, 6) is 0.988. The van der Waals surface area contributed by atoms with Crippen LogP contribution in [0.5, 0.6) is 0 Å².